The van der Waals surface area contributed by atoms with Gasteiger partial charge in [-0.2, -0.15) is 4.98 Å². The average Bonchev–Trinajstić information content (AvgIpc) is 3.29. The minimum Gasteiger partial charge on any atom is -0.422 e. The van der Waals surface area contributed by atoms with Crippen LogP contribution in [-0.2, 0) is 4.74 Å². The summed E-state index contributed by atoms with van der Waals surface area (Å²) in [5.74, 6) is -0.597. The van der Waals surface area contributed by atoms with Crippen molar-refractivity contribution in [3.05, 3.63) is 22.7 Å². The summed E-state index contributed by atoms with van der Waals surface area (Å²) in [5.41, 5.74) is 0.468. The molecule has 2 aromatic heterocycles. The molecule has 0 bridgehead atoms. The van der Waals surface area contributed by atoms with Gasteiger partial charge in [-0.1, -0.05) is 11.6 Å². The second-order valence-electron chi connectivity index (χ2n) is 6.30. The van der Waals surface area contributed by atoms with Crippen molar-refractivity contribution in [1.29, 1.82) is 0 Å². The van der Waals surface area contributed by atoms with E-state index in [9.17, 15) is 13.2 Å². The summed E-state index contributed by atoms with van der Waals surface area (Å²) in [6.07, 6.45) is -3.34. The lowest BCUT2D eigenvalue weighted by Crippen LogP contribution is -2.40. The summed E-state index contributed by atoms with van der Waals surface area (Å²) >= 11 is 7.43. The summed E-state index contributed by atoms with van der Waals surface area (Å²) in [7, 11) is 1.80. The number of anilines is 1. The van der Waals surface area contributed by atoms with E-state index in [2.05, 4.69) is 20.0 Å². The summed E-state index contributed by atoms with van der Waals surface area (Å²) in [4.78, 5) is 10.3. The predicted octanol–water partition coefficient (Wildman–Crippen LogP) is 3.93. The van der Waals surface area contributed by atoms with Crippen LogP contribution in [0, 0.1) is 0 Å². The van der Waals surface area contributed by atoms with Gasteiger partial charge in [0.2, 0.25) is 0 Å². The normalized spacial score (nSPS) is 18.2. The zero-order chi connectivity index (χ0) is 20.6. The van der Waals surface area contributed by atoms with Crippen molar-refractivity contribution in [3.8, 4) is 16.3 Å². The van der Waals surface area contributed by atoms with Crippen molar-refractivity contribution in [1.82, 2.24) is 15.3 Å². The van der Waals surface area contributed by atoms with Gasteiger partial charge >= 0.3 is 6.36 Å². The third kappa shape index (κ3) is 4.27. The minimum absolute atomic E-state index is 0.0143. The molecular weight excluding hydrogens is 433 g/mol. The summed E-state index contributed by atoms with van der Waals surface area (Å²) in [6, 6.07) is 1.53. The number of ether oxygens (including phenoxy) is 2. The van der Waals surface area contributed by atoms with E-state index in [1.54, 1.807) is 18.6 Å². The molecule has 1 atom stereocenters. The molecule has 1 aliphatic rings. The molecule has 7 nitrogen and oxygen atoms in total. The lowest BCUT2D eigenvalue weighted by Gasteiger charge is -2.21. The molecule has 156 valence electrons. The number of hydrogen-bond acceptors (Lipinski definition) is 8. The molecule has 29 heavy (non-hydrogen) atoms. The number of thiazole rings is 1. The molecule has 0 spiro atoms. The van der Waals surface area contributed by atoms with Gasteiger partial charge in [-0.05, 0) is 13.1 Å². The molecule has 1 aromatic carbocycles. The fraction of sp³-hybridized carbons (Fsp3) is 0.412. The molecule has 1 N–H and O–H groups in total. The van der Waals surface area contributed by atoms with Gasteiger partial charge in [0, 0.05) is 30.7 Å². The number of aromatic nitrogens is 2. The zero-order valence-electron chi connectivity index (χ0n) is 15.1. The Labute approximate surface area is 172 Å². The van der Waals surface area contributed by atoms with E-state index in [-0.39, 0.29) is 28.2 Å². The van der Waals surface area contributed by atoms with E-state index in [4.69, 9.17) is 20.8 Å². The Morgan fingerprint density at radius 1 is 1.41 bits per heavy atom. The molecule has 1 saturated heterocycles. The highest BCUT2D eigenvalue weighted by Gasteiger charge is 2.35. The number of halogens is 4. The van der Waals surface area contributed by atoms with Crippen molar-refractivity contribution in [2.75, 3.05) is 38.3 Å². The standard InChI is InChI=1S/C17H16ClF3N4O3S/c1-22-9-7-25(3-4-26-8-9)16-24-12-13(27-16)10(15-23-2-5-29-15)6-11(18)14(12)28-17(19,20)21/h2,5-6,9,22H,3-4,7-8H2,1H3. The van der Waals surface area contributed by atoms with Crippen LogP contribution in [0.5, 0.6) is 5.75 Å². The van der Waals surface area contributed by atoms with E-state index in [0.717, 1.165) is 0 Å². The van der Waals surface area contributed by atoms with Gasteiger partial charge in [-0.15, -0.1) is 24.5 Å². The van der Waals surface area contributed by atoms with Crippen LogP contribution >= 0.6 is 22.9 Å². The van der Waals surface area contributed by atoms with E-state index < -0.39 is 12.1 Å². The van der Waals surface area contributed by atoms with Crippen LogP contribution in [0.1, 0.15) is 0 Å². The molecule has 0 amide bonds. The van der Waals surface area contributed by atoms with Gasteiger partial charge in [0.15, 0.2) is 16.8 Å². The number of hydrogen-bond donors (Lipinski definition) is 1. The summed E-state index contributed by atoms with van der Waals surface area (Å²) in [5, 5.41) is 5.19. The predicted molar refractivity (Wildman–Crippen MR) is 103 cm³/mol. The number of oxazole rings is 1. The number of alkyl halides is 3. The largest absolute Gasteiger partial charge is 0.573 e. The van der Waals surface area contributed by atoms with Gasteiger partial charge in [0.1, 0.15) is 5.01 Å². The Kier molecular flexibility index (Phi) is 5.56. The van der Waals surface area contributed by atoms with Gasteiger partial charge in [-0.3, -0.25) is 0 Å². The van der Waals surface area contributed by atoms with Crippen molar-refractivity contribution in [2.24, 2.45) is 0 Å². The SMILES string of the molecule is CNC1COCCN(c2nc3c(OC(F)(F)F)c(Cl)cc(-c4nccs4)c3o2)C1. The average molecular weight is 449 g/mol. The number of nitrogens with zero attached hydrogens (tertiary/aromatic N) is 3. The van der Waals surface area contributed by atoms with Crippen LogP contribution in [-0.4, -0.2) is 55.7 Å². The molecule has 12 heteroatoms. The van der Waals surface area contributed by atoms with E-state index in [1.807, 2.05) is 4.90 Å². The highest BCUT2D eigenvalue weighted by Crippen LogP contribution is 2.44. The second kappa shape index (κ2) is 7.98. The number of nitrogens with one attached hydrogen (secondary N) is 1. The zero-order valence-corrected chi connectivity index (χ0v) is 16.7. The first-order valence-electron chi connectivity index (χ1n) is 8.64. The third-order valence-electron chi connectivity index (χ3n) is 4.39. The summed E-state index contributed by atoms with van der Waals surface area (Å²) < 4.78 is 54.5. The first-order chi connectivity index (χ1) is 13.9. The molecule has 3 heterocycles. The molecule has 0 radical (unpaired) electrons. The number of fused-ring (bicyclic) bond motifs is 1. The summed E-state index contributed by atoms with van der Waals surface area (Å²) in [6.45, 7) is 1.93. The van der Waals surface area contributed by atoms with Crippen LogP contribution in [0.3, 0.4) is 0 Å². The van der Waals surface area contributed by atoms with E-state index >= 15 is 0 Å². The van der Waals surface area contributed by atoms with Crippen molar-refractivity contribution < 1.29 is 27.1 Å². The third-order valence-corrected chi connectivity index (χ3v) is 5.48. The first-order valence-corrected chi connectivity index (χ1v) is 9.90. The molecule has 1 unspecified atom stereocenters. The molecule has 4 rings (SSSR count). The smallest absolute Gasteiger partial charge is 0.422 e. The Hall–Kier alpha value is -2.08. The maximum absolute atomic E-state index is 13.0. The van der Waals surface area contributed by atoms with Gasteiger partial charge in [0.05, 0.1) is 23.8 Å². The first kappa shape index (κ1) is 20.2. The van der Waals surface area contributed by atoms with Crippen molar-refractivity contribution in [3.63, 3.8) is 0 Å². The quantitative estimate of drug-likeness (QED) is 0.648. The van der Waals surface area contributed by atoms with Crippen LogP contribution in [0.4, 0.5) is 19.2 Å². The Morgan fingerprint density at radius 3 is 2.93 bits per heavy atom. The maximum atomic E-state index is 13.0. The molecule has 1 aliphatic heterocycles. The molecule has 0 saturated carbocycles. The van der Waals surface area contributed by atoms with Gasteiger partial charge in [-0.25, -0.2) is 4.98 Å². The molecule has 1 fully saturated rings. The molecular formula is C17H16ClF3N4O3S. The maximum Gasteiger partial charge on any atom is 0.573 e. The minimum atomic E-state index is -4.92. The molecule has 3 aromatic rings. The fourth-order valence-corrected chi connectivity index (χ4v) is 3.93. The highest BCUT2D eigenvalue weighted by atomic mass is 35.5. The molecule has 0 aliphatic carbocycles. The van der Waals surface area contributed by atoms with E-state index in [0.29, 0.717) is 36.9 Å². The second-order valence-corrected chi connectivity index (χ2v) is 7.60. The van der Waals surface area contributed by atoms with Crippen molar-refractivity contribution in [2.45, 2.75) is 12.4 Å². The van der Waals surface area contributed by atoms with Crippen LogP contribution < -0.4 is 15.0 Å². The number of rotatable bonds is 4. The van der Waals surface area contributed by atoms with E-state index in [1.165, 1.54) is 17.4 Å². The van der Waals surface area contributed by atoms with Gasteiger partial charge in [0.25, 0.3) is 6.01 Å². The topological polar surface area (TPSA) is 72.7 Å². The Bertz CT molecular complexity index is 996. The lowest BCUT2D eigenvalue weighted by atomic mass is 10.2. The van der Waals surface area contributed by atoms with Crippen LogP contribution in [0.25, 0.3) is 21.7 Å². The Morgan fingerprint density at radius 2 is 2.24 bits per heavy atom. The Balaban J connectivity index is 1.85. The lowest BCUT2D eigenvalue weighted by molar-refractivity contribution is -0.274. The van der Waals surface area contributed by atoms with Crippen LogP contribution in [0.15, 0.2) is 22.1 Å². The van der Waals surface area contributed by atoms with Crippen LogP contribution in [0.2, 0.25) is 5.02 Å². The number of likely N-dealkylation sites (N-methyl/N-ethyl adjacent to an activating group) is 1. The van der Waals surface area contributed by atoms with Gasteiger partial charge < -0.3 is 24.1 Å². The number of benzene rings is 1. The monoisotopic (exact) mass is 448 g/mol. The fourth-order valence-electron chi connectivity index (χ4n) is 3.04. The highest BCUT2D eigenvalue weighted by molar-refractivity contribution is 7.13. The van der Waals surface area contributed by atoms with Crippen molar-refractivity contribution >= 4 is 40.1 Å².